The number of carboxylic acids is 1. The molecule has 0 saturated heterocycles. The molecule has 1 aromatic carbocycles. The van der Waals surface area contributed by atoms with Crippen molar-refractivity contribution in [2.24, 2.45) is 0 Å². The van der Waals surface area contributed by atoms with Crippen molar-refractivity contribution >= 4 is 5.97 Å². The summed E-state index contributed by atoms with van der Waals surface area (Å²) < 4.78 is 0. The van der Waals surface area contributed by atoms with Crippen LogP contribution in [0.4, 0.5) is 0 Å². The van der Waals surface area contributed by atoms with E-state index >= 15 is 0 Å². The average molecular weight is 174 g/mol. The van der Waals surface area contributed by atoms with Gasteiger partial charge in [0.15, 0.2) is 0 Å². The van der Waals surface area contributed by atoms with Gasteiger partial charge in [0.05, 0.1) is 0 Å². The molecule has 0 spiro atoms. The third kappa shape index (κ3) is 1.35. The Morgan fingerprint density at radius 1 is 1.38 bits per heavy atom. The second-order valence-corrected chi connectivity index (χ2v) is 3.15. The number of allylic oxidation sites excluding steroid dienone is 1. The monoisotopic (exact) mass is 174 g/mol. The van der Waals surface area contributed by atoms with Gasteiger partial charge in [-0.1, -0.05) is 36.4 Å². The predicted octanol–water partition coefficient (Wildman–Crippen LogP) is 1.97. The molecule has 0 saturated carbocycles. The van der Waals surface area contributed by atoms with Crippen LogP contribution in [-0.4, -0.2) is 11.1 Å². The minimum atomic E-state index is -0.775. The first-order chi connectivity index (χ1) is 6.29. The normalized spacial score (nSPS) is 19.5. The second kappa shape index (κ2) is 3.05. The summed E-state index contributed by atoms with van der Waals surface area (Å²) in [5, 5.41) is 8.93. The number of hydrogen-bond acceptors (Lipinski definition) is 1. The fraction of sp³-hybridized carbons (Fsp3) is 0.182. The number of carboxylic acid groups (broad SMARTS) is 1. The van der Waals surface area contributed by atoms with E-state index in [2.05, 4.69) is 0 Å². The maximum Gasteiger partial charge on any atom is 0.314 e. The molecule has 2 nitrogen and oxygen atoms in total. The first kappa shape index (κ1) is 8.05. The van der Waals surface area contributed by atoms with Gasteiger partial charge in [-0.05, 0) is 17.5 Å². The summed E-state index contributed by atoms with van der Waals surface area (Å²) in [4.78, 5) is 10.9. The molecular formula is C11H10O2. The molecule has 0 aromatic heterocycles. The van der Waals surface area contributed by atoms with E-state index in [1.165, 1.54) is 0 Å². The van der Waals surface area contributed by atoms with Gasteiger partial charge in [0.1, 0.15) is 5.92 Å². The molecule has 13 heavy (non-hydrogen) atoms. The zero-order valence-corrected chi connectivity index (χ0v) is 7.10. The third-order valence-electron chi connectivity index (χ3n) is 2.32. The number of carbonyl (C=O) groups is 1. The van der Waals surface area contributed by atoms with Crippen molar-refractivity contribution in [3.8, 4) is 0 Å². The smallest absolute Gasteiger partial charge is 0.314 e. The molecule has 1 N–H and O–H groups in total. The summed E-state index contributed by atoms with van der Waals surface area (Å²) in [5.74, 6) is -1.23. The van der Waals surface area contributed by atoms with Crippen molar-refractivity contribution in [3.05, 3.63) is 47.5 Å². The molecule has 1 atom stereocenters. The molecule has 0 heterocycles. The summed E-state index contributed by atoms with van der Waals surface area (Å²) in [6.07, 6.45) is 4.52. The van der Waals surface area contributed by atoms with Gasteiger partial charge in [-0.3, -0.25) is 4.79 Å². The fourth-order valence-corrected chi connectivity index (χ4v) is 1.67. The van der Waals surface area contributed by atoms with Crippen molar-refractivity contribution in [2.45, 2.75) is 12.3 Å². The molecular weight excluding hydrogens is 164 g/mol. The summed E-state index contributed by atoms with van der Waals surface area (Å²) in [6, 6.07) is 7.69. The van der Waals surface area contributed by atoms with Gasteiger partial charge < -0.3 is 5.11 Å². The highest BCUT2D eigenvalue weighted by atomic mass is 16.4. The standard InChI is InChI=1S/C11H10O2/c12-11(13)10-7-3-5-8-4-1-2-6-9(8)10/h1-4,6-7,10H,5H2,(H,12,13)/t10-/m0/s1. The summed E-state index contributed by atoms with van der Waals surface area (Å²) in [6.45, 7) is 0. The predicted molar refractivity (Wildman–Crippen MR) is 49.7 cm³/mol. The van der Waals surface area contributed by atoms with Gasteiger partial charge in [0.2, 0.25) is 0 Å². The molecule has 0 unspecified atom stereocenters. The topological polar surface area (TPSA) is 37.3 Å². The lowest BCUT2D eigenvalue weighted by Gasteiger charge is -2.16. The highest BCUT2D eigenvalue weighted by molar-refractivity contribution is 5.79. The van der Waals surface area contributed by atoms with Crippen LogP contribution in [0.2, 0.25) is 0 Å². The number of hydrogen-bond donors (Lipinski definition) is 1. The molecule has 66 valence electrons. The van der Waals surface area contributed by atoms with E-state index in [0.29, 0.717) is 0 Å². The Bertz CT molecular complexity index is 366. The Morgan fingerprint density at radius 2 is 2.15 bits per heavy atom. The molecule has 2 rings (SSSR count). The van der Waals surface area contributed by atoms with Gasteiger partial charge in [0.25, 0.3) is 0 Å². The van der Waals surface area contributed by atoms with Crippen molar-refractivity contribution in [1.29, 1.82) is 0 Å². The van der Waals surface area contributed by atoms with E-state index in [4.69, 9.17) is 5.11 Å². The maximum atomic E-state index is 10.9. The quantitative estimate of drug-likeness (QED) is 0.661. The van der Waals surface area contributed by atoms with Gasteiger partial charge in [0, 0.05) is 0 Å². The van der Waals surface area contributed by atoms with Crippen LogP contribution in [0.15, 0.2) is 36.4 Å². The summed E-state index contributed by atoms with van der Waals surface area (Å²) in [5.41, 5.74) is 2.05. The van der Waals surface area contributed by atoms with E-state index < -0.39 is 11.9 Å². The Hall–Kier alpha value is -1.57. The minimum Gasteiger partial charge on any atom is -0.481 e. The van der Waals surface area contributed by atoms with Crippen LogP contribution >= 0.6 is 0 Å². The molecule has 1 aromatic rings. The van der Waals surface area contributed by atoms with Crippen LogP contribution in [0.25, 0.3) is 0 Å². The average Bonchev–Trinajstić information content (AvgIpc) is 2.17. The molecule has 1 aliphatic carbocycles. The Labute approximate surface area is 76.5 Å². The largest absolute Gasteiger partial charge is 0.481 e. The third-order valence-corrected chi connectivity index (χ3v) is 2.32. The first-order valence-corrected chi connectivity index (χ1v) is 4.26. The van der Waals surface area contributed by atoms with Crippen LogP contribution < -0.4 is 0 Å². The first-order valence-electron chi connectivity index (χ1n) is 4.26. The van der Waals surface area contributed by atoms with Crippen LogP contribution in [-0.2, 0) is 11.2 Å². The Morgan fingerprint density at radius 3 is 2.92 bits per heavy atom. The number of fused-ring (bicyclic) bond motifs is 1. The van der Waals surface area contributed by atoms with Crippen LogP contribution in [0, 0.1) is 0 Å². The van der Waals surface area contributed by atoms with Crippen molar-refractivity contribution in [3.63, 3.8) is 0 Å². The maximum absolute atomic E-state index is 10.9. The van der Waals surface area contributed by atoms with Gasteiger partial charge in [-0.2, -0.15) is 0 Å². The SMILES string of the molecule is O=C(O)[C@H]1C=CCc2ccccc21. The molecule has 2 heteroatoms. The van der Waals surface area contributed by atoms with E-state index in [0.717, 1.165) is 17.5 Å². The summed E-state index contributed by atoms with van der Waals surface area (Å²) in [7, 11) is 0. The molecule has 0 bridgehead atoms. The number of aliphatic carboxylic acids is 1. The number of benzene rings is 1. The molecule has 0 amide bonds. The lowest BCUT2D eigenvalue weighted by molar-refractivity contribution is -0.137. The molecule has 0 radical (unpaired) electrons. The van der Waals surface area contributed by atoms with E-state index in [1.807, 2.05) is 30.3 Å². The van der Waals surface area contributed by atoms with Crippen molar-refractivity contribution in [2.75, 3.05) is 0 Å². The van der Waals surface area contributed by atoms with Gasteiger partial charge >= 0.3 is 5.97 Å². The summed E-state index contributed by atoms with van der Waals surface area (Å²) >= 11 is 0. The lowest BCUT2D eigenvalue weighted by atomic mass is 9.88. The molecule has 1 aliphatic rings. The lowest BCUT2D eigenvalue weighted by Crippen LogP contribution is -2.13. The second-order valence-electron chi connectivity index (χ2n) is 3.15. The van der Waals surface area contributed by atoms with Gasteiger partial charge in [-0.25, -0.2) is 0 Å². The van der Waals surface area contributed by atoms with Crippen molar-refractivity contribution in [1.82, 2.24) is 0 Å². The fourth-order valence-electron chi connectivity index (χ4n) is 1.67. The van der Waals surface area contributed by atoms with Crippen LogP contribution in [0.1, 0.15) is 17.0 Å². The molecule has 0 fully saturated rings. The Kier molecular flexibility index (Phi) is 1.89. The zero-order chi connectivity index (χ0) is 9.26. The van der Waals surface area contributed by atoms with E-state index in [-0.39, 0.29) is 0 Å². The Balaban J connectivity index is 2.48. The highest BCUT2D eigenvalue weighted by Crippen LogP contribution is 2.26. The highest BCUT2D eigenvalue weighted by Gasteiger charge is 2.21. The zero-order valence-electron chi connectivity index (χ0n) is 7.10. The van der Waals surface area contributed by atoms with Crippen LogP contribution in [0.3, 0.4) is 0 Å². The van der Waals surface area contributed by atoms with Crippen LogP contribution in [0.5, 0.6) is 0 Å². The van der Waals surface area contributed by atoms with E-state index in [9.17, 15) is 4.79 Å². The van der Waals surface area contributed by atoms with Gasteiger partial charge in [-0.15, -0.1) is 0 Å². The number of rotatable bonds is 1. The van der Waals surface area contributed by atoms with Crippen molar-refractivity contribution < 1.29 is 9.90 Å². The van der Waals surface area contributed by atoms with E-state index in [1.54, 1.807) is 6.08 Å². The molecule has 0 aliphatic heterocycles. The minimum absolute atomic E-state index is 0.454.